The molecule has 1 heterocycles. The Balaban J connectivity index is 0.00000338. The van der Waals surface area contributed by atoms with Crippen LogP contribution < -0.4 is 10.1 Å². The van der Waals surface area contributed by atoms with Gasteiger partial charge in [0.15, 0.2) is 5.96 Å². The molecule has 0 bridgehead atoms. The smallest absolute Gasteiger partial charge is 0.193 e. The highest BCUT2D eigenvalue weighted by atomic mass is 127. The molecule has 0 fully saturated rings. The van der Waals surface area contributed by atoms with Crippen LogP contribution in [0.5, 0.6) is 5.75 Å². The van der Waals surface area contributed by atoms with Gasteiger partial charge >= 0.3 is 0 Å². The van der Waals surface area contributed by atoms with Gasteiger partial charge in [-0.3, -0.25) is 4.99 Å². The van der Waals surface area contributed by atoms with Crippen molar-refractivity contribution in [3.63, 3.8) is 0 Å². The number of hydrogen-bond acceptors (Lipinski definition) is 3. The van der Waals surface area contributed by atoms with Crippen LogP contribution in [0.4, 0.5) is 0 Å². The zero-order chi connectivity index (χ0) is 18.1. The average molecular weight is 472 g/mol. The number of aryl methyl sites for hydroxylation is 1. The lowest BCUT2D eigenvalue weighted by Crippen LogP contribution is -2.40. The first-order chi connectivity index (χ1) is 12.2. The van der Waals surface area contributed by atoms with Crippen molar-refractivity contribution in [2.75, 3.05) is 34.4 Å². The Bertz CT molecular complexity index is 688. The first kappa shape index (κ1) is 22.3. The lowest BCUT2D eigenvalue weighted by molar-refractivity contribution is 0.123. The van der Waals surface area contributed by atoms with E-state index in [0.29, 0.717) is 19.8 Å². The van der Waals surface area contributed by atoms with Crippen LogP contribution in [-0.2, 0) is 24.9 Å². The zero-order valence-electron chi connectivity index (χ0n) is 15.9. The van der Waals surface area contributed by atoms with Crippen molar-refractivity contribution in [2.45, 2.75) is 13.2 Å². The Morgan fingerprint density at radius 2 is 2.00 bits per heavy atom. The Morgan fingerprint density at radius 3 is 2.65 bits per heavy atom. The third-order valence-corrected chi connectivity index (χ3v) is 4.00. The molecule has 26 heavy (non-hydrogen) atoms. The highest BCUT2D eigenvalue weighted by molar-refractivity contribution is 14.0. The summed E-state index contributed by atoms with van der Waals surface area (Å²) in [6.45, 7) is 2.61. The van der Waals surface area contributed by atoms with E-state index in [4.69, 9.17) is 9.47 Å². The second-order valence-electron chi connectivity index (χ2n) is 5.80. The number of ether oxygens (including phenoxy) is 2. The molecule has 0 amide bonds. The van der Waals surface area contributed by atoms with Crippen molar-refractivity contribution >= 4 is 29.9 Å². The highest BCUT2D eigenvalue weighted by Gasteiger charge is 2.08. The molecule has 0 aliphatic rings. The van der Waals surface area contributed by atoms with Crippen molar-refractivity contribution in [2.24, 2.45) is 12.0 Å². The number of nitrogens with zero attached hydrogens (tertiary/aromatic N) is 3. The van der Waals surface area contributed by atoms with E-state index < -0.39 is 0 Å². The maximum atomic E-state index is 5.74. The second kappa shape index (κ2) is 11.8. The molecule has 0 atom stereocenters. The standard InChI is InChI=1S/C19H28N4O2.HI/c1-20-19(23(3)14-17-9-7-12-22(17)2)21-11-13-25-15-16-8-5-6-10-18(16)24-4;/h5-10,12H,11,13-15H2,1-4H3,(H,20,21);1H. The highest BCUT2D eigenvalue weighted by Crippen LogP contribution is 2.17. The van der Waals surface area contributed by atoms with Crippen molar-refractivity contribution in [3.05, 3.63) is 53.9 Å². The van der Waals surface area contributed by atoms with Crippen LogP contribution in [0.2, 0.25) is 0 Å². The van der Waals surface area contributed by atoms with Gasteiger partial charge < -0.3 is 24.3 Å². The predicted molar refractivity (Wildman–Crippen MR) is 116 cm³/mol. The van der Waals surface area contributed by atoms with Gasteiger partial charge in [0.2, 0.25) is 0 Å². The summed E-state index contributed by atoms with van der Waals surface area (Å²) < 4.78 is 13.2. The number of aliphatic imine (C=N–C) groups is 1. The van der Waals surface area contributed by atoms with Gasteiger partial charge in [-0.2, -0.15) is 0 Å². The summed E-state index contributed by atoms with van der Waals surface area (Å²) in [4.78, 5) is 6.42. The molecule has 2 rings (SSSR count). The maximum Gasteiger partial charge on any atom is 0.193 e. The van der Waals surface area contributed by atoms with Crippen molar-refractivity contribution in [1.29, 1.82) is 0 Å². The minimum atomic E-state index is 0. The molecule has 2 aromatic rings. The number of halogens is 1. The van der Waals surface area contributed by atoms with Crippen LogP contribution in [-0.4, -0.2) is 49.8 Å². The molecule has 1 aromatic heterocycles. The normalized spacial score (nSPS) is 11.0. The van der Waals surface area contributed by atoms with E-state index in [1.165, 1.54) is 5.69 Å². The number of nitrogens with one attached hydrogen (secondary N) is 1. The predicted octanol–water partition coefficient (Wildman–Crippen LogP) is 2.88. The first-order valence-electron chi connectivity index (χ1n) is 8.37. The fraction of sp³-hybridized carbons (Fsp3) is 0.421. The van der Waals surface area contributed by atoms with Gasteiger partial charge in [0.25, 0.3) is 0 Å². The number of rotatable bonds is 8. The second-order valence-corrected chi connectivity index (χ2v) is 5.80. The zero-order valence-corrected chi connectivity index (χ0v) is 18.3. The fourth-order valence-electron chi connectivity index (χ4n) is 2.60. The average Bonchev–Trinajstić information content (AvgIpc) is 3.03. The summed E-state index contributed by atoms with van der Waals surface area (Å²) in [6, 6.07) is 12.1. The van der Waals surface area contributed by atoms with E-state index in [-0.39, 0.29) is 24.0 Å². The first-order valence-corrected chi connectivity index (χ1v) is 8.37. The summed E-state index contributed by atoms with van der Waals surface area (Å²) >= 11 is 0. The minimum Gasteiger partial charge on any atom is -0.496 e. The molecule has 1 N–H and O–H groups in total. The Hall–Kier alpha value is -1.74. The molecule has 0 unspecified atom stereocenters. The van der Waals surface area contributed by atoms with E-state index in [2.05, 4.69) is 25.8 Å². The van der Waals surface area contributed by atoms with Gasteiger partial charge in [-0.25, -0.2) is 0 Å². The number of aromatic nitrogens is 1. The van der Waals surface area contributed by atoms with Gasteiger partial charge in [-0.15, -0.1) is 24.0 Å². The van der Waals surface area contributed by atoms with Crippen molar-refractivity contribution in [1.82, 2.24) is 14.8 Å². The van der Waals surface area contributed by atoms with Crippen LogP contribution >= 0.6 is 24.0 Å². The minimum absolute atomic E-state index is 0. The Morgan fingerprint density at radius 1 is 1.23 bits per heavy atom. The van der Waals surface area contributed by atoms with Crippen LogP contribution in [0, 0.1) is 0 Å². The van der Waals surface area contributed by atoms with Crippen LogP contribution in [0.3, 0.4) is 0 Å². The van der Waals surface area contributed by atoms with Gasteiger partial charge in [0.1, 0.15) is 5.75 Å². The van der Waals surface area contributed by atoms with Gasteiger partial charge in [0, 0.05) is 45.1 Å². The molecule has 0 radical (unpaired) electrons. The Kier molecular flexibility index (Phi) is 10.1. The monoisotopic (exact) mass is 472 g/mol. The lowest BCUT2D eigenvalue weighted by Gasteiger charge is -2.22. The van der Waals surface area contributed by atoms with Gasteiger partial charge in [0.05, 0.1) is 26.9 Å². The quantitative estimate of drug-likeness (QED) is 0.278. The van der Waals surface area contributed by atoms with E-state index in [9.17, 15) is 0 Å². The molecule has 1 aromatic carbocycles. The summed E-state index contributed by atoms with van der Waals surface area (Å²) in [6.07, 6.45) is 2.05. The third kappa shape index (κ3) is 6.53. The number of hydrogen-bond donors (Lipinski definition) is 1. The molecule has 0 aliphatic heterocycles. The number of methoxy groups -OCH3 is 1. The molecule has 6 nitrogen and oxygen atoms in total. The summed E-state index contributed by atoms with van der Waals surface area (Å²) in [5.74, 6) is 1.70. The van der Waals surface area contributed by atoms with E-state index in [1.807, 2.05) is 50.6 Å². The van der Waals surface area contributed by atoms with Gasteiger partial charge in [-0.1, -0.05) is 18.2 Å². The maximum absolute atomic E-state index is 5.74. The van der Waals surface area contributed by atoms with Crippen molar-refractivity contribution in [3.8, 4) is 5.75 Å². The molecule has 0 saturated carbocycles. The molecule has 0 aliphatic carbocycles. The number of para-hydroxylation sites is 1. The molecular weight excluding hydrogens is 443 g/mol. The summed E-state index contributed by atoms with van der Waals surface area (Å²) in [5.41, 5.74) is 2.29. The largest absolute Gasteiger partial charge is 0.496 e. The fourth-order valence-corrected chi connectivity index (χ4v) is 2.60. The number of benzene rings is 1. The van der Waals surface area contributed by atoms with Crippen molar-refractivity contribution < 1.29 is 9.47 Å². The topological polar surface area (TPSA) is 51.0 Å². The molecule has 7 heteroatoms. The van der Waals surface area contributed by atoms with Crippen LogP contribution in [0.15, 0.2) is 47.6 Å². The Labute approximate surface area is 173 Å². The van der Waals surface area contributed by atoms with E-state index in [0.717, 1.165) is 23.8 Å². The third-order valence-electron chi connectivity index (χ3n) is 4.00. The molecular formula is C19H29IN4O2. The summed E-state index contributed by atoms with van der Waals surface area (Å²) in [5, 5.41) is 3.33. The number of guanidine groups is 1. The molecule has 0 spiro atoms. The lowest BCUT2D eigenvalue weighted by atomic mass is 10.2. The van der Waals surface area contributed by atoms with E-state index in [1.54, 1.807) is 14.2 Å². The molecule has 0 saturated heterocycles. The molecule has 144 valence electrons. The SMILES string of the molecule is CN=C(NCCOCc1ccccc1OC)N(C)Cc1cccn1C.I. The van der Waals surface area contributed by atoms with Crippen LogP contribution in [0.1, 0.15) is 11.3 Å². The van der Waals surface area contributed by atoms with Gasteiger partial charge in [-0.05, 0) is 18.2 Å². The summed E-state index contributed by atoms with van der Waals surface area (Å²) in [7, 11) is 7.54. The van der Waals surface area contributed by atoms with Crippen LogP contribution in [0.25, 0.3) is 0 Å². The van der Waals surface area contributed by atoms with E-state index >= 15 is 0 Å².